The summed E-state index contributed by atoms with van der Waals surface area (Å²) >= 11 is 6.30. The number of nitrogens with zero attached hydrogens (tertiary/aromatic N) is 2. The van der Waals surface area contributed by atoms with Gasteiger partial charge in [-0.05, 0) is 30.8 Å². The summed E-state index contributed by atoms with van der Waals surface area (Å²) in [5.41, 5.74) is 2.07. The SMILES string of the molecule is CC(=O)Nc1ccc(Cl)c(C(=O)N2CCN(C)C[C@@H]2c2ccccc2)c1. The number of hydrogen-bond acceptors (Lipinski definition) is 3. The average Bonchev–Trinajstić information content (AvgIpc) is 2.63. The number of rotatable bonds is 3. The maximum atomic E-state index is 13.3. The monoisotopic (exact) mass is 371 g/mol. The molecule has 0 aromatic heterocycles. The van der Waals surface area contributed by atoms with Crippen molar-refractivity contribution in [2.45, 2.75) is 13.0 Å². The van der Waals surface area contributed by atoms with Crippen LogP contribution in [0.4, 0.5) is 5.69 Å². The Morgan fingerprint density at radius 1 is 1.12 bits per heavy atom. The zero-order valence-corrected chi connectivity index (χ0v) is 15.7. The van der Waals surface area contributed by atoms with Crippen LogP contribution in [-0.2, 0) is 4.79 Å². The molecule has 0 radical (unpaired) electrons. The Labute approximate surface area is 158 Å². The van der Waals surface area contributed by atoms with Crippen molar-refractivity contribution >= 4 is 29.1 Å². The van der Waals surface area contributed by atoms with Gasteiger partial charge in [0.15, 0.2) is 0 Å². The van der Waals surface area contributed by atoms with E-state index in [0.717, 1.165) is 18.7 Å². The maximum absolute atomic E-state index is 13.3. The van der Waals surface area contributed by atoms with Gasteiger partial charge in [-0.15, -0.1) is 0 Å². The van der Waals surface area contributed by atoms with E-state index in [-0.39, 0.29) is 17.9 Å². The molecule has 1 aliphatic rings. The number of piperazine rings is 1. The van der Waals surface area contributed by atoms with Gasteiger partial charge in [0.1, 0.15) is 0 Å². The van der Waals surface area contributed by atoms with E-state index in [4.69, 9.17) is 11.6 Å². The molecule has 136 valence electrons. The van der Waals surface area contributed by atoms with Crippen LogP contribution in [-0.4, -0.2) is 48.3 Å². The van der Waals surface area contributed by atoms with Gasteiger partial charge in [0.05, 0.1) is 16.6 Å². The van der Waals surface area contributed by atoms with E-state index in [1.165, 1.54) is 6.92 Å². The van der Waals surface area contributed by atoms with E-state index in [1.807, 2.05) is 35.2 Å². The van der Waals surface area contributed by atoms with E-state index in [1.54, 1.807) is 18.2 Å². The van der Waals surface area contributed by atoms with Crippen molar-refractivity contribution in [2.24, 2.45) is 0 Å². The molecule has 1 N–H and O–H groups in total. The minimum atomic E-state index is -0.188. The Morgan fingerprint density at radius 2 is 1.85 bits per heavy atom. The van der Waals surface area contributed by atoms with Crippen LogP contribution < -0.4 is 5.32 Å². The highest BCUT2D eigenvalue weighted by atomic mass is 35.5. The second-order valence-electron chi connectivity index (χ2n) is 6.56. The Bertz CT molecular complexity index is 810. The summed E-state index contributed by atoms with van der Waals surface area (Å²) in [7, 11) is 2.06. The number of hydrogen-bond donors (Lipinski definition) is 1. The molecule has 5 nitrogen and oxygen atoms in total. The first-order valence-corrected chi connectivity index (χ1v) is 8.95. The molecule has 0 aliphatic carbocycles. The highest BCUT2D eigenvalue weighted by Gasteiger charge is 2.31. The molecular formula is C20H22ClN3O2. The number of carbonyl (C=O) groups is 2. The van der Waals surface area contributed by atoms with Gasteiger partial charge in [0.25, 0.3) is 5.91 Å². The minimum absolute atomic E-state index is 0.0389. The second-order valence-corrected chi connectivity index (χ2v) is 6.97. The molecule has 0 bridgehead atoms. The lowest BCUT2D eigenvalue weighted by Crippen LogP contribution is -2.49. The first-order valence-electron chi connectivity index (χ1n) is 8.57. The predicted molar refractivity (Wildman–Crippen MR) is 103 cm³/mol. The lowest BCUT2D eigenvalue weighted by Gasteiger charge is -2.40. The third-order valence-electron chi connectivity index (χ3n) is 4.55. The van der Waals surface area contributed by atoms with Crippen LogP contribution in [0.1, 0.15) is 28.9 Å². The van der Waals surface area contributed by atoms with Gasteiger partial charge in [-0.3, -0.25) is 9.59 Å². The van der Waals surface area contributed by atoms with Gasteiger partial charge < -0.3 is 15.1 Å². The fourth-order valence-electron chi connectivity index (χ4n) is 3.25. The molecule has 0 spiro atoms. The topological polar surface area (TPSA) is 52.7 Å². The van der Waals surface area contributed by atoms with Crippen LogP contribution in [0.25, 0.3) is 0 Å². The highest BCUT2D eigenvalue weighted by molar-refractivity contribution is 6.34. The fourth-order valence-corrected chi connectivity index (χ4v) is 3.45. The molecule has 2 amide bonds. The lowest BCUT2D eigenvalue weighted by molar-refractivity contribution is -0.114. The molecular weight excluding hydrogens is 350 g/mol. The first kappa shape index (κ1) is 18.4. The van der Waals surface area contributed by atoms with Gasteiger partial charge in [-0.25, -0.2) is 0 Å². The number of halogens is 1. The fraction of sp³-hybridized carbons (Fsp3) is 0.300. The van der Waals surface area contributed by atoms with E-state index in [2.05, 4.69) is 17.3 Å². The molecule has 1 heterocycles. The molecule has 0 saturated carbocycles. The first-order chi connectivity index (χ1) is 12.5. The second kappa shape index (κ2) is 7.89. The standard InChI is InChI=1S/C20H22ClN3O2/c1-14(25)22-16-8-9-18(21)17(12-16)20(26)24-11-10-23(2)13-19(24)15-6-4-3-5-7-15/h3-9,12,19H,10-11,13H2,1-2H3,(H,22,25)/t19-/m1/s1. The zero-order chi connectivity index (χ0) is 18.7. The number of carbonyl (C=O) groups excluding carboxylic acids is 2. The van der Waals surface area contributed by atoms with E-state index in [0.29, 0.717) is 22.8 Å². The number of nitrogens with one attached hydrogen (secondary N) is 1. The molecule has 0 unspecified atom stereocenters. The molecule has 26 heavy (non-hydrogen) atoms. The Hall–Kier alpha value is -2.37. The summed E-state index contributed by atoms with van der Waals surface area (Å²) in [5, 5.41) is 3.09. The molecule has 3 rings (SSSR count). The summed E-state index contributed by atoms with van der Waals surface area (Å²) < 4.78 is 0. The summed E-state index contributed by atoms with van der Waals surface area (Å²) in [5.74, 6) is -0.309. The molecule has 1 atom stereocenters. The number of likely N-dealkylation sites (N-methyl/N-ethyl adjacent to an activating group) is 1. The quantitative estimate of drug-likeness (QED) is 0.899. The molecule has 1 fully saturated rings. The van der Waals surface area contributed by atoms with Gasteiger partial charge in [-0.2, -0.15) is 0 Å². The van der Waals surface area contributed by atoms with Crippen molar-refractivity contribution in [2.75, 3.05) is 32.0 Å². The molecule has 2 aromatic rings. The normalized spacial score (nSPS) is 17.8. The Kier molecular flexibility index (Phi) is 5.59. The van der Waals surface area contributed by atoms with Crippen molar-refractivity contribution in [3.8, 4) is 0 Å². The van der Waals surface area contributed by atoms with Crippen LogP contribution in [0.2, 0.25) is 5.02 Å². The number of anilines is 1. The summed E-state index contributed by atoms with van der Waals surface area (Å²) in [6.45, 7) is 3.62. The van der Waals surface area contributed by atoms with Crippen LogP contribution >= 0.6 is 11.6 Å². The van der Waals surface area contributed by atoms with Crippen LogP contribution in [0.15, 0.2) is 48.5 Å². The van der Waals surface area contributed by atoms with E-state index < -0.39 is 0 Å². The average molecular weight is 372 g/mol. The number of amides is 2. The van der Waals surface area contributed by atoms with Gasteiger partial charge >= 0.3 is 0 Å². The van der Waals surface area contributed by atoms with Crippen molar-refractivity contribution in [1.82, 2.24) is 9.80 Å². The van der Waals surface area contributed by atoms with Crippen LogP contribution in [0.3, 0.4) is 0 Å². The zero-order valence-electron chi connectivity index (χ0n) is 14.9. The van der Waals surface area contributed by atoms with Crippen molar-refractivity contribution in [3.05, 3.63) is 64.7 Å². The molecule has 1 aliphatic heterocycles. The summed E-state index contributed by atoms with van der Waals surface area (Å²) in [4.78, 5) is 28.7. The van der Waals surface area contributed by atoms with E-state index in [9.17, 15) is 9.59 Å². The van der Waals surface area contributed by atoms with Gasteiger partial charge in [-0.1, -0.05) is 41.9 Å². The van der Waals surface area contributed by atoms with Crippen molar-refractivity contribution < 1.29 is 9.59 Å². The van der Waals surface area contributed by atoms with Gasteiger partial charge in [0.2, 0.25) is 5.91 Å². The largest absolute Gasteiger partial charge is 0.329 e. The van der Waals surface area contributed by atoms with Crippen LogP contribution in [0.5, 0.6) is 0 Å². The summed E-state index contributed by atoms with van der Waals surface area (Å²) in [6, 6.07) is 15.0. The minimum Gasteiger partial charge on any atom is -0.329 e. The van der Waals surface area contributed by atoms with Crippen molar-refractivity contribution in [1.29, 1.82) is 0 Å². The van der Waals surface area contributed by atoms with Crippen molar-refractivity contribution in [3.63, 3.8) is 0 Å². The van der Waals surface area contributed by atoms with Gasteiger partial charge in [0, 0.05) is 32.2 Å². The molecule has 6 heteroatoms. The third kappa shape index (κ3) is 4.06. The number of benzene rings is 2. The molecule has 1 saturated heterocycles. The Morgan fingerprint density at radius 3 is 2.54 bits per heavy atom. The summed E-state index contributed by atoms with van der Waals surface area (Å²) in [6.07, 6.45) is 0. The predicted octanol–water partition coefficient (Wildman–Crippen LogP) is 3.43. The molecule has 2 aromatic carbocycles. The van der Waals surface area contributed by atoms with E-state index >= 15 is 0 Å². The third-order valence-corrected chi connectivity index (χ3v) is 4.88. The Balaban J connectivity index is 1.93. The smallest absolute Gasteiger partial charge is 0.256 e. The van der Waals surface area contributed by atoms with Crippen LogP contribution in [0, 0.1) is 0 Å². The highest BCUT2D eigenvalue weighted by Crippen LogP contribution is 2.29. The maximum Gasteiger partial charge on any atom is 0.256 e. The lowest BCUT2D eigenvalue weighted by atomic mass is 10.0.